The van der Waals surface area contributed by atoms with Crippen LogP contribution in [0.1, 0.15) is 38.4 Å². The smallest absolute Gasteiger partial charge is 0.308 e. The maximum atomic E-state index is 14.8. The number of rotatable bonds is 6. The van der Waals surface area contributed by atoms with Gasteiger partial charge in [-0.1, -0.05) is 28.1 Å². The van der Waals surface area contributed by atoms with Crippen LogP contribution in [0.5, 0.6) is 0 Å². The van der Waals surface area contributed by atoms with Crippen LogP contribution < -0.4 is 4.72 Å². The molecule has 0 aliphatic heterocycles. The van der Waals surface area contributed by atoms with Gasteiger partial charge in [0.1, 0.15) is 17.1 Å². The highest BCUT2D eigenvalue weighted by molar-refractivity contribution is 9.10. The van der Waals surface area contributed by atoms with Crippen molar-refractivity contribution in [2.45, 2.75) is 37.5 Å². The maximum Gasteiger partial charge on any atom is 0.308 e. The van der Waals surface area contributed by atoms with E-state index in [2.05, 4.69) is 25.6 Å². The van der Waals surface area contributed by atoms with Gasteiger partial charge in [-0.25, -0.2) is 13.3 Å². The first-order valence-electron chi connectivity index (χ1n) is 8.23. The van der Waals surface area contributed by atoms with E-state index in [1.165, 1.54) is 25.4 Å². The lowest BCUT2D eigenvalue weighted by Crippen LogP contribution is -2.51. The van der Waals surface area contributed by atoms with Crippen molar-refractivity contribution >= 4 is 32.9 Å². The summed E-state index contributed by atoms with van der Waals surface area (Å²) in [6, 6.07) is 9.72. The first-order chi connectivity index (χ1) is 12.6. The Kier molecular flexibility index (Phi) is 6.88. The maximum absolute atomic E-state index is 14.8. The molecule has 146 valence electrons. The van der Waals surface area contributed by atoms with Crippen molar-refractivity contribution in [3.63, 3.8) is 0 Å². The molecule has 0 aliphatic rings. The van der Waals surface area contributed by atoms with Gasteiger partial charge < -0.3 is 4.74 Å². The van der Waals surface area contributed by atoms with Gasteiger partial charge in [0, 0.05) is 10.7 Å². The zero-order chi connectivity index (χ0) is 20.2. The lowest BCUT2D eigenvalue weighted by molar-refractivity contribution is -0.141. The van der Waals surface area contributed by atoms with Crippen molar-refractivity contribution in [1.82, 2.24) is 9.71 Å². The van der Waals surface area contributed by atoms with E-state index < -0.39 is 33.1 Å². The highest BCUT2D eigenvalue weighted by Crippen LogP contribution is 2.36. The van der Waals surface area contributed by atoms with Gasteiger partial charge in [0.15, 0.2) is 0 Å². The molecular formula is C19H22BrFN2O3S. The van der Waals surface area contributed by atoms with Crippen molar-refractivity contribution < 1.29 is 18.1 Å². The number of benzene rings is 1. The van der Waals surface area contributed by atoms with Crippen LogP contribution in [-0.2, 0) is 26.1 Å². The summed E-state index contributed by atoms with van der Waals surface area (Å²) in [4.78, 5) is 16.4. The van der Waals surface area contributed by atoms with Gasteiger partial charge in [-0.3, -0.25) is 9.78 Å². The van der Waals surface area contributed by atoms with Crippen LogP contribution in [0.3, 0.4) is 0 Å². The Balaban J connectivity index is 2.75. The molecule has 2 rings (SSSR count). The van der Waals surface area contributed by atoms with E-state index in [4.69, 9.17) is 4.74 Å². The molecule has 0 saturated heterocycles. The van der Waals surface area contributed by atoms with Crippen LogP contribution in [0.2, 0.25) is 0 Å². The molecule has 1 aromatic heterocycles. The number of halogens is 2. The minimum absolute atomic E-state index is 0.0182. The number of pyridine rings is 1. The standard InChI is InChI=1S/C19H22BrFN2O3S/c1-18(2,3)27(25)23-19(12-16(24)26-4,13-7-9-14(20)10-8-13)17-15(21)6-5-11-22-17/h5-11,23H,12H2,1-4H3. The van der Waals surface area contributed by atoms with Crippen molar-refractivity contribution in [3.8, 4) is 0 Å². The number of esters is 1. The summed E-state index contributed by atoms with van der Waals surface area (Å²) in [5.41, 5.74) is -0.932. The Bertz CT molecular complexity index is 840. The molecule has 0 spiro atoms. The number of hydrogen-bond acceptors (Lipinski definition) is 4. The van der Waals surface area contributed by atoms with Gasteiger partial charge in [0.25, 0.3) is 0 Å². The lowest BCUT2D eigenvalue weighted by atomic mass is 9.83. The van der Waals surface area contributed by atoms with Crippen LogP contribution in [-0.4, -0.2) is 27.0 Å². The molecule has 0 fully saturated rings. The Hall–Kier alpha value is -1.64. The summed E-state index contributed by atoms with van der Waals surface area (Å²) >= 11 is 3.37. The number of ether oxygens (including phenoxy) is 1. The molecule has 1 aromatic carbocycles. The molecule has 0 radical (unpaired) electrons. The van der Waals surface area contributed by atoms with Crippen molar-refractivity contribution in [3.05, 3.63) is 64.1 Å². The Labute approximate surface area is 169 Å². The summed E-state index contributed by atoms with van der Waals surface area (Å²) in [5.74, 6) is -1.19. The van der Waals surface area contributed by atoms with Gasteiger partial charge >= 0.3 is 5.97 Å². The number of nitrogens with one attached hydrogen (secondary N) is 1. The predicted molar refractivity (Wildman–Crippen MR) is 107 cm³/mol. The van der Waals surface area contributed by atoms with Gasteiger partial charge in [-0.05, 0) is 50.6 Å². The second kappa shape index (κ2) is 8.58. The highest BCUT2D eigenvalue weighted by atomic mass is 79.9. The van der Waals surface area contributed by atoms with Gasteiger partial charge in [0.05, 0.1) is 29.3 Å². The third-order valence-electron chi connectivity index (χ3n) is 3.96. The number of hydrogen-bond donors (Lipinski definition) is 1. The number of nitrogens with zero attached hydrogens (tertiary/aromatic N) is 1. The van der Waals surface area contributed by atoms with E-state index in [0.29, 0.717) is 5.56 Å². The van der Waals surface area contributed by atoms with E-state index in [1.807, 2.05) is 0 Å². The van der Waals surface area contributed by atoms with Crippen LogP contribution >= 0.6 is 15.9 Å². The number of carbonyl (C=O) groups is 1. The first-order valence-corrected chi connectivity index (χ1v) is 10.2. The van der Waals surface area contributed by atoms with Gasteiger partial charge in [0.2, 0.25) is 0 Å². The number of methoxy groups -OCH3 is 1. The second-order valence-electron chi connectivity index (χ2n) is 6.98. The summed E-state index contributed by atoms with van der Waals surface area (Å²) in [5, 5.41) is 0. The molecule has 0 bridgehead atoms. The largest absolute Gasteiger partial charge is 0.469 e. The van der Waals surface area contributed by atoms with E-state index >= 15 is 0 Å². The summed E-state index contributed by atoms with van der Waals surface area (Å²) in [6.07, 6.45) is 1.16. The SMILES string of the molecule is COC(=O)CC(NS(=O)C(C)(C)C)(c1ccc(Br)cc1)c1ncccc1F. The fourth-order valence-electron chi connectivity index (χ4n) is 2.50. The summed E-state index contributed by atoms with van der Waals surface area (Å²) in [7, 11) is -0.362. The Morgan fingerprint density at radius 3 is 2.41 bits per heavy atom. The number of carbonyl (C=O) groups excluding carboxylic acids is 1. The zero-order valence-corrected chi connectivity index (χ0v) is 18.0. The molecule has 0 amide bonds. The van der Waals surface area contributed by atoms with Crippen molar-refractivity contribution in [2.75, 3.05) is 7.11 Å². The predicted octanol–water partition coefficient (Wildman–Crippen LogP) is 3.84. The fourth-order valence-corrected chi connectivity index (χ4v) is 3.67. The van der Waals surface area contributed by atoms with Gasteiger partial charge in [-0.2, -0.15) is 0 Å². The second-order valence-corrected chi connectivity index (χ2v) is 9.86. The zero-order valence-electron chi connectivity index (χ0n) is 15.6. The van der Waals surface area contributed by atoms with Crippen LogP contribution in [0, 0.1) is 5.82 Å². The monoisotopic (exact) mass is 456 g/mol. The Morgan fingerprint density at radius 2 is 1.89 bits per heavy atom. The van der Waals surface area contributed by atoms with Gasteiger partial charge in [-0.15, -0.1) is 0 Å². The van der Waals surface area contributed by atoms with E-state index in [9.17, 15) is 13.4 Å². The molecule has 1 heterocycles. The average molecular weight is 457 g/mol. The van der Waals surface area contributed by atoms with Crippen molar-refractivity contribution in [1.29, 1.82) is 0 Å². The molecule has 27 heavy (non-hydrogen) atoms. The van der Waals surface area contributed by atoms with E-state index in [0.717, 1.165) is 4.47 Å². The third-order valence-corrected chi connectivity index (χ3v) is 6.13. The van der Waals surface area contributed by atoms with Crippen LogP contribution in [0.4, 0.5) is 4.39 Å². The molecule has 0 aliphatic carbocycles. The number of aromatic nitrogens is 1. The molecule has 2 atom stereocenters. The molecule has 2 aromatic rings. The Morgan fingerprint density at radius 1 is 1.26 bits per heavy atom. The molecule has 5 nitrogen and oxygen atoms in total. The topological polar surface area (TPSA) is 68.3 Å². The normalized spacial score (nSPS) is 15.0. The fraction of sp³-hybridized carbons (Fsp3) is 0.368. The molecule has 1 N–H and O–H groups in total. The van der Waals surface area contributed by atoms with E-state index in [1.54, 1.807) is 45.0 Å². The molecular weight excluding hydrogens is 435 g/mol. The van der Waals surface area contributed by atoms with Crippen LogP contribution in [0.25, 0.3) is 0 Å². The summed E-state index contributed by atoms with van der Waals surface area (Å²) in [6.45, 7) is 5.36. The third kappa shape index (κ3) is 5.00. The summed E-state index contributed by atoms with van der Waals surface area (Å²) < 4.78 is 35.7. The average Bonchev–Trinajstić information content (AvgIpc) is 2.61. The first kappa shape index (κ1) is 21.7. The highest BCUT2D eigenvalue weighted by Gasteiger charge is 2.43. The van der Waals surface area contributed by atoms with E-state index in [-0.39, 0.29) is 12.1 Å². The van der Waals surface area contributed by atoms with Crippen LogP contribution in [0.15, 0.2) is 47.1 Å². The minimum atomic E-state index is -1.62. The molecule has 8 heteroatoms. The van der Waals surface area contributed by atoms with Crippen molar-refractivity contribution in [2.24, 2.45) is 0 Å². The lowest BCUT2D eigenvalue weighted by Gasteiger charge is -2.36. The quantitative estimate of drug-likeness (QED) is 0.670. The molecule has 0 saturated carbocycles. The molecule has 2 unspecified atom stereocenters. The minimum Gasteiger partial charge on any atom is -0.469 e.